The van der Waals surface area contributed by atoms with Crippen LogP contribution in [-0.4, -0.2) is 28.1 Å². The number of benzene rings is 2. The molecule has 0 aliphatic carbocycles. The highest BCUT2D eigenvalue weighted by Crippen LogP contribution is 2.32. The molecule has 0 spiro atoms. The van der Waals surface area contributed by atoms with Crippen LogP contribution in [0.2, 0.25) is 5.02 Å². The highest BCUT2D eigenvalue weighted by Gasteiger charge is 2.17. The number of nitrogens with zero attached hydrogens (tertiary/aromatic N) is 2. The second-order valence-electron chi connectivity index (χ2n) is 5.08. The summed E-state index contributed by atoms with van der Waals surface area (Å²) in [5, 5.41) is 26.9. The molecule has 3 N–H and O–H groups in total. The van der Waals surface area contributed by atoms with E-state index in [2.05, 4.69) is 15.8 Å². The summed E-state index contributed by atoms with van der Waals surface area (Å²) < 4.78 is 0. The Morgan fingerprint density at radius 1 is 1.31 bits per heavy atom. The first-order valence-corrected chi connectivity index (χ1v) is 7.53. The Bertz CT molecular complexity index is 914. The van der Waals surface area contributed by atoms with Crippen LogP contribution in [0.15, 0.2) is 41.5 Å². The lowest BCUT2D eigenvalue weighted by Gasteiger charge is -2.05. The van der Waals surface area contributed by atoms with Gasteiger partial charge in [-0.05, 0) is 24.3 Å². The summed E-state index contributed by atoms with van der Waals surface area (Å²) in [4.78, 5) is 33.2. The van der Waals surface area contributed by atoms with Crippen molar-refractivity contribution < 1.29 is 19.6 Å². The third kappa shape index (κ3) is 4.77. The highest BCUT2D eigenvalue weighted by atomic mass is 35.5. The van der Waals surface area contributed by atoms with Crippen molar-refractivity contribution in [3.63, 3.8) is 0 Å². The minimum absolute atomic E-state index is 0.0310. The van der Waals surface area contributed by atoms with Crippen LogP contribution in [0.4, 0.5) is 11.4 Å². The van der Waals surface area contributed by atoms with Crippen molar-refractivity contribution in [2.75, 3.05) is 5.32 Å². The van der Waals surface area contributed by atoms with Gasteiger partial charge in [-0.25, -0.2) is 5.43 Å². The molecule has 0 atom stereocenters. The summed E-state index contributed by atoms with van der Waals surface area (Å²) in [6.07, 6.45) is 1.03. The number of hydrogen-bond donors (Lipinski definition) is 3. The van der Waals surface area contributed by atoms with Crippen LogP contribution in [0.1, 0.15) is 22.8 Å². The number of amides is 2. The molecular weight excluding hydrogens is 364 g/mol. The Balaban J connectivity index is 2.15. The number of hydrogen-bond acceptors (Lipinski definition) is 6. The SMILES string of the molecule is CC(=O)Nc1cccc(C(=O)N/N=C/c2cc(Cl)cc([N+](=O)[O-])c2O)c1. The lowest BCUT2D eigenvalue weighted by Crippen LogP contribution is -2.18. The van der Waals surface area contributed by atoms with E-state index in [-0.39, 0.29) is 22.1 Å². The van der Waals surface area contributed by atoms with Gasteiger partial charge in [0.05, 0.1) is 11.1 Å². The molecule has 2 aromatic rings. The summed E-state index contributed by atoms with van der Waals surface area (Å²) in [6.45, 7) is 1.34. The first-order valence-electron chi connectivity index (χ1n) is 7.16. The number of anilines is 1. The largest absolute Gasteiger partial charge is 0.502 e. The van der Waals surface area contributed by atoms with Crippen LogP contribution < -0.4 is 10.7 Å². The predicted molar refractivity (Wildman–Crippen MR) is 95.6 cm³/mol. The maximum Gasteiger partial charge on any atom is 0.312 e. The van der Waals surface area contributed by atoms with E-state index >= 15 is 0 Å². The van der Waals surface area contributed by atoms with Gasteiger partial charge in [0, 0.05) is 34.8 Å². The lowest BCUT2D eigenvalue weighted by molar-refractivity contribution is -0.385. The number of nitrogens with one attached hydrogen (secondary N) is 2. The van der Waals surface area contributed by atoms with Crippen molar-refractivity contribution in [1.29, 1.82) is 0 Å². The van der Waals surface area contributed by atoms with E-state index in [9.17, 15) is 24.8 Å². The van der Waals surface area contributed by atoms with Crippen molar-refractivity contribution in [2.24, 2.45) is 5.10 Å². The summed E-state index contributed by atoms with van der Waals surface area (Å²) in [6, 6.07) is 8.42. The predicted octanol–water partition coefficient (Wildman–Crippen LogP) is 2.68. The van der Waals surface area contributed by atoms with Crippen LogP contribution in [0.5, 0.6) is 5.75 Å². The molecule has 0 radical (unpaired) electrons. The van der Waals surface area contributed by atoms with Crippen LogP contribution in [0.25, 0.3) is 0 Å². The minimum Gasteiger partial charge on any atom is -0.502 e. The molecule has 0 fully saturated rings. The second kappa shape index (κ2) is 8.08. The number of rotatable bonds is 5. The molecule has 26 heavy (non-hydrogen) atoms. The zero-order valence-electron chi connectivity index (χ0n) is 13.4. The Morgan fingerprint density at radius 2 is 2.04 bits per heavy atom. The number of nitro groups is 1. The monoisotopic (exact) mass is 376 g/mol. The van der Waals surface area contributed by atoms with Crippen molar-refractivity contribution in [1.82, 2.24) is 5.43 Å². The van der Waals surface area contributed by atoms with E-state index in [1.54, 1.807) is 12.1 Å². The zero-order valence-corrected chi connectivity index (χ0v) is 14.1. The molecule has 2 amide bonds. The van der Waals surface area contributed by atoms with Gasteiger partial charge < -0.3 is 10.4 Å². The fourth-order valence-electron chi connectivity index (χ4n) is 2.01. The van der Waals surface area contributed by atoms with Crippen LogP contribution in [-0.2, 0) is 4.79 Å². The molecule has 0 saturated carbocycles. The zero-order chi connectivity index (χ0) is 19.3. The molecule has 9 nitrogen and oxygen atoms in total. The quantitative estimate of drug-likeness (QED) is 0.419. The summed E-state index contributed by atoms with van der Waals surface area (Å²) in [5.41, 5.74) is 2.28. The number of halogens is 1. The normalized spacial score (nSPS) is 10.5. The number of nitro benzene ring substituents is 1. The number of aromatic hydroxyl groups is 1. The molecule has 134 valence electrons. The third-order valence-corrected chi connectivity index (χ3v) is 3.31. The molecule has 0 aromatic heterocycles. The topological polar surface area (TPSA) is 134 Å². The Labute approximate surface area is 152 Å². The molecule has 0 unspecified atom stereocenters. The highest BCUT2D eigenvalue weighted by molar-refractivity contribution is 6.31. The third-order valence-electron chi connectivity index (χ3n) is 3.10. The van der Waals surface area contributed by atoms with Gasteiger partial charge >= 0.3 is 5.69 Å². The van der Waals surface area contributed by atoms with Crippen LogP contribution in [0.3, 0.4) is 0 Å². The van der Waals surface area contributed by atoms with Crippen molar-refractivity contribution in [3.05, 3.63) is 62.7 Å². The molecule has 0 aliphatic heterocycles. The standard InChI is InChI=1S/C16H13ClN4O5/c1-9(22)19-13-4-2-3-10(6-13)16(24)20-18-8-11-5-12(17)7-14(15(11)23)21(25)26/h2-8,23H,1H3,(H,19,22)(H,20,24)/b18-8+. The van der Waals surface area contributed by atoms with Gasteiger partial charge in [-0.3, -0.25) is 19.7 Å². The average molecular weight is 377 g/mol. The summed E-state index contributed by atoms with van der Waals surface area (Å²) in [7, 11) is 0. The van der Waals surface area contributed by atoms with Gasteiger partial charge in [-0.2, -0.15) is 5.10 Å². The number of carbonyl (C=O) groups excluding carboxylic acids is 2. The van der Waals surface area contributed by atoms with E-state index in [1.165, 1.54) is 25.1 Å². The number of phenolic OH excluding ortho intramolecular Hbond substituents is 1. The minimum atomic E-state index is -0.787. The van der Waals surface area contributed by atoms with Crippen LogP contribution >= 0.6 is 11.6 Å². The van der Waals surface area contributed by atoms with E-state index in [0.717, 1.165) is 12.3 Å². The van der Waals surface area contributed by atoms with E-state index < -0.39 is 22.3 Å². The van der Waals surface area contributed by atoms with Crippen molar-refractivity contribution in [2.45, 2.75) is 6.92 Å². The molecule has 2 rings (SSSR count). The van der Waals surface area contributed by atoms with Gasteiger partial charge in [0.25, 0.3) is 5.91 Å². The number of phenols is 1. The molecule has 0 heterocycles. The smallest absolute Gasteiger partial charge is 0.312 e. The van der Waals surface area contributed by atoms with Gasteiger partial charge in [-0.1, -0.05) is 17.7 Å². The molecule has 0 bridgehead atoms. The first kappa shape index (κ1) is 18.9. The number of hydrazone groups is 1. The maximum absolute atomic E-state index is 12.1. The summed E-state index contributed by atoms with van der Waals surface area (Å²) in [5.74, 6) is -1.48. The second-order valence-corrected chi connectivity index (χ2v) is 5.52. The fourth-order valence-corrected chi connectivity index (χ4v) is 2.23. The molecule has 2 aromatic carbocycles. The summed E-state index contributed by atoms with van der Waals surface area (Å²) >= 11 is 5.76. The molecular formula is C16H13ClN4O5. The van der Waals surface area contributed by atoms with Gasteiger partial charge in [0.2, 0.25) is 11.7 Å². The van der Waals surface area contributed by atoms with Crippen molar-refractivity contribution in [3.8, 4) is 5.75 Å². The molecule has 0 saturated heterocycles. The van der Waals surface area contributed by atoms with E-state index in [0.29, 0.717) is 5.69 Å². The average Bonchev–Trinajstić information content (AvgIpc) is 2.56. The van der Waals surface area contributed by atoms with Gasteiger partial charge in [-0.15, -0.1) is 0 Å². The lowest BCUT2D eigenvalue weighted by atomic mass is 10.2. The Hall–Kier alpha value is -3.46. The number of carbonyl (C=O) groups is 2. The Morgan fingerprint density at radius 3 is 2.69 bits per heavy atom. The van der Waals surface area contributed by atoms with Gasteiger partial charge in [0.1, 0.15) is 0 Å². The molecule has 10 heteroatoms. The fraction of sp³-hybridized carbons (Fsp3) is 0.0625. The van der Waals surface area contributed by atoms with Gasteiger partial charge in [0.15, 0.2) is 0 Å². The Kier molecular flexibility index (Phi) is 5.86. The van der Waals surface area contributed by atoms with E-state index in [4.69, 9.17) is 11.6 Å². The van der Waals surface area contributed by atoms with Crippen molar-refractivity contribution >= 4 is 41.0 Å². The molecule has 0 aliphatic rings. The first-order chi connectivity index (χ1) is 12.3. The van der Waals surface area contributed by atoms with Crippen LogP contribution in [0, 0.1) is 10.1 Å². The maximum atomic E-state index is 12.1. The van der Waals surface area contributed by atoms with E-state index in [1.807, 2.05) is 0 Å².